The first-order valence-corrected chi connectivity index (χ1v) is 4.79. The minimum absolute atomic E-state index is 0.430. The summed E-state index contributed by atoms with van der Waals surface area (Å²) >= 11 is 0. The molecule has 0 spiro atoms. The van der Waals surface area contributed by atoms with Gasteiger partial charge in [0.05, 0.1) is 7.11 Å². The van der Waals surface area contributed by atoms with Crippen LogP contribution >= 0.6 is 0 Å². The van der Waals surface area contributed by atoms with Crippen molar-refractivity contribution < 1.29 is 14.3 Å². The van der Waals surface area contributed by atoms with Crippen molar-refractivity contribution in [2.45, 2.75) is 13.2 Å². The van der Waals surface area contributed by atoms with Crippen LogP contribution in [0.3, 0.4) is 0 Å². The van der Waals surface area contributed by atoms with Crippen molar-refractivity contribution in [3.63, 3.8) is 0 Å². The number of anilines is 1. The lowest BCUT2D eigenvalue weighted by Gasteiger charge is -2.16. The molecular formula is C11H15NO3. The summed E-state index contributed by atoms with van der Waals surface area (Å²) in [6, 6.07) is 9.37. The molecule has 82 valence electrons. The SMILES string of the molecule is CCOC(Nc1ccccc1)C(=O)OC. The summed E-state index contributed by atoms with van der Waals surface area (Å²) in [6.45, 7) is 2.27. The zero-order valence-electron chi connectivity index (χ0n) is 8.90. The van der Waals surface area contributed by atoms with Crippen LogP contribution in [0.5, 0.6) is 0 Å². The molecule has 15 heavy (non-hydrogen) atoms. The number of esters is 1. The Morgan fingerprint density at radius 2 is 2.07 bits per heavy atom. The fourth-order valence-electron chi connectivity index (χ4n) is 1.13. The number of para-hydroxylation sites is 1. The second kappa shape index (κ2) is 6.03. The van der Waals surface area contributed by atoms with Gasteiger partial charge in [0.1, 0.15) is 0 Å². The van der Waals surface area contributed by atoms with E-state index in [-0.39, 0.29) is 0 Å². The lowest BCUT2D eigenvalue weighted by atomic mass is 10.3. The molecule has 0 aromatic heterocycles. The molecule has 0 aliphatic carbocycles. The van der Waals surface area contributed by atoms with Crippen molar-refractivity contribution in [2.75, 3.05) is 19.0 Å². The van der Waals surface area contributed by atoms with Crippen LogP contribution in [0.1, 0.15) is 6.92 Å². The first-order chi connectivity index (χ1) is 7.27. The molecule has 1 atom stereocenters. The molecule has 1 aromatic carbocycles. The van der Waals surface area contributed by atoms with E-state index < -0.39 is 12.2 Å². The number of ether oxygens (including phenoxy) is 2. The maximum Gasteiger partial charge on any atom is 0.356 e. The molecular weight excluding hydrogens is 194 g/mol. The van der Waals surface area contributed by atoms with E-state index in [4.69, 9.17) is 4.74 Å². The van der Waals surface area contributed by atoms with Gasteiger partial charge in [0.15, 0.2) is 0 Å². The predicted molar refractivity (Wildman–Crippen MR) is 57.5 cm³/mol. The van der Waals surface area contributed by atoms with E-state index in [0.29, 0.717) is 6.61 Å². The van der Waals surface area contributed by atoms with Crippen LogP contribution in [0.25, 0.3) is 0 Å². The summed E-state index contributed by atoms with van der Waals surface area (Å²) in [5, 5.41) is 2.93. The van der Waals surface area contributed by atoms with Crippen LogP contribution in [0, 0.1) is 0 Å². The molecule has 1 unspecified atom stereocenters. The molecule has 1 aromatic rings. The maximum absolute atomic E-state index is 11.3. The van der Waals surface area contributed by atoms with Crippen LogP contribution in [-0.2, 0) is 14.3 Å². The molecule has 0 radical (unpaired) electrons. The smallest absolute Gasteiger partial charge is 0.356 e. The molecule has 0 aliphatic rings. The van der Waals surface area contributed by atoms with Gasteiger partial charge in [0.25, 0.3) is 0 Å². The lowest BCUT2D eigenvalue weighted by molar-refractivity contribution is -0.151. The highest BCUT2D eigenvalue weighted by atomic mass is 16.6. The Balaban J connectivity index is 2.62. The Morgan fingerprint density at radius 1 is 1.40 bits per heavy atom. The Labute approximate surface area is 89.2 Å². The predicted octanol–water partition coefficient (Wildman–Crippen LogP) is 1.63. The fraction of sp³-hybridized carbons (Fsp3) is 0.364. The van der Waals surface area contributed by atoms with Gasteiger partial charge in [-0.2, -0.15) is 0 Å². The first kappa shape index (κ1) is 11.5. The van der Waals surface area contributed by atoms with Gasteiger partial charge in [-0.15, -0.1) is 0 Å². The summed E-state index contributed by atoms with van der Waals surface area (Å²) in [5.41, 5.74) is 0.821. The second-order valence-electron chi connectivity index (χ2n) is 2.87. The lowest BCUT2D eigenvalue weighted by Crippen LogP contribution is -2.33. The number of carbonyl (C=O) groups excluding carboxylic acids is 1. The number of nitrogens with one attached hydrogen (secondary N) is 1. The summed E-state index contributed by atoms with van der Waals surface area (Å²) in [7, 11) is 1.33. The van der Waals surface area contributed by atoms with E-state index in [1.165, 1.54) is 7.11 Å². The van der Waals surface area contributed by atoms with Crippen molar-refractivity contribution in [1.82, 2.24) is 0 Å². The monoisotopic (exact) mass is 209 g/mol. The van der Waals surface area contributed by atoms with Crippen LogP contribution in [0.2, 0.25) is 0 Å². The van der Waals surface area contributed by atoms with E-state index in [0.717, 1.165) is 5.69 Å². The number of hydrogen-bond donors (Lipinski definition) is 1. The molecule has 1 N–H and O–H groups in total. The molecule has 1 rings (SSSR count). The van der Waals surface area contributed by atoms with Crippen LogP contribution in [0.4, 0.5) is 5.69 Å². The average Bonchev–Trinajstić information content (AvgIpc) is 2.29. The largest absolute Gasteiger partial charge is 0.466 e. The Morgan fingerprint density at radius 3 is 2.60 bits per heavy atom. The molecule has 0 heterocycles. The van der Waals surface area contributed by atoms with Crippen molar-refractivity contribution in [2.24, 2.45) is 0 Å². The highest BCUT2D eigenvalue weighted by Gasteiger charge is 2.18. The summed E-state index contributed by atoms with van der Waals surface area (Å²) in [5.74, 6) is -0.430. The van der Waals surface area contributed by atoms with Gasteiger partial charge in [0, 0.05) is 12.3 Å². The summed E-state index contributed by atoms with van der Waals surface area (Å²) in [4.78, 5) is 11.3. The highest BCUT2D eigenvalue weighted by Crippen LogP contribution is 2.08. The Bertz CT molecular complexity index is 300. The Kier molecular flexibility index (Phi) is 4.63. The third-order valence-electron chi connectivity index (χ3n) is 1.82. The van der Waals surface area contributed by atoms with Gasteiger partial charge < -0.3 is 14.8 Å². The van der Waals surface area contributed by atoms with Crippen LogP contribution in [-0.4, -0.2) is 25.9 Å². The van der Waals surface area contributed by atoms with Gasteiger partial charge in [-0.1, -0.05) is 18.2 Å². The van der Waals surface area contributed by atoms with Crippen molar-refractivity contribution >= 4 is 11.7 Å². The van der Waals surface area contributed by atoms with Gasteiger partial charge in [-0.25, -0.2) is 4.79 Å². The fourth-order valence-corrected chi connectivity index (χ4v) is 1.13. The minimum atomic E-state index is -0.748. The highest BCUT2D eigenvalue weighted by molar-refractivity contribution is 5.77. The quantitative estimate of drug-likeness (QED) is 0.591. The summed E-state index contributed by atoms with van der Waals surface area (Å²) < 4.78 is 9.82. The minimum Gasteiger partial charge on any atom is -0.466 e. The van der Waals surface area contributed by atoms with Gasteiger partial charge in [-0.3, -0.25) is 0 Å². The van der Waals surface area contributed by atoms with Gasteiger partial charge >= 0.3 is 5.97 Å². The van der Waals surface area contributed by atoms with E-state index in [9.17, 15) is 4.79 Å². The van der Waals surface area contributed by atoms with Gasteiger partial charge in [0.2, 0.25) is 6.23 Å². The third-order valence-corrected chi connectivity index (χ3v) is 1.82. The van der Waals surface area contributed by atoms with E-state index in [2.05, 4.69) is 10.1 Å². The summed E-state index contributed by atoms with van der Waals surface area (Å²) in [6.07, 6.45) is -0.748. The number of rotatable bonds is 5. The topological polar surface area (TPSA) is 47.6 Å². The van der Waals surface area contributed by atoms with Crippen LogP contribution in [0.15, 0.2) is 30.3 Å². The van der Waals surface area contributed by atoms with E-state index in [1.54, 1.807) is 0 Å². The molecule has 0 bridgehead atoms. The molecule has 0 aliphatic heterocycles. The average molecular weight is 209 g/mol. The van der Waals surface area contributed by atoms with Crippen molar-refractivity contribution in [3.05, 3.63) is 30.3 Å². The van der Waals surface area contributed by atoms with E-state index in [1.807, 2.05) is 37.3 Å². The van der Waals surface area contributed by atoms with Crippen molar-refractivity contribution in [3.8, 4) is 0 Å². The number of hydrogen-bond acceptors (Lipinski definition) is 4. The van der Waals surface area contributed by atoms with Crippen LogP contribution < -0.4 is 5.32 Å². The van der Waals surface area contributed by atoms with Gasteiger partial charge in [-0.05, 0) is 19.1 Å². The molecule has 0 fully saturated rings. The number of carbonyl (C=O) groups is 1. The molecule has 4 heteroatoms. The molecule has 0 saturated heterocycles. The zero-order chi connectivity index (χ0) is 11.1. The Hall–Kier alpha value is -1.55. The van der Waals surface area contributed by atoms with E-state index >= 15 is 0 Å². The normalized spacial score (nSPS) is 11.9. The molecule has 0 amide bonds. The number of methoxy groups -OCH3 is 1. The first-order valence-electron chi connectivity index (χ1n) is 4.79. The zero-order valence-corrected chi connectivity index (χ0v) is 8.90. The standard InChI is InChI=1S/C11H15NO3/c1-3-15-10(11(13)14-2)12-9-7-5-4-6-8-9/h4-8,10,12H,3H2,1-2H3. The number of benzene rings is 1. The molecule has 4 nitrogen and oxygen atoms in total. The third kappa shape index (κ3) is 3.59. The molecule has 0 saturated carbocycles. The van der Waals surface area contributed by atoms with Crippen molar-refractivity contribution in [1.29, 1.82) is 0 Å². The maximum atomic E-state index is 11.3. The second-order valence-corrected chi connectivity index (χ2v) is 2.87.